The Morgan fingerprint density at radius 1 is 1.05 bits per heavy atom. The van der Waals surface area contributed by atoms with Gasteiger partial charge in [0.1, 0.15) is 11.5 Å². The summed E-state index contributed by atoms with van der Waals surface area (Å²) >= 11 is 0. The Hall–Kier alpha value is -2.40. The number of rotatable bonds is 4. The highest BCUT2D eigenvalue weighted by Gasteiger charge is 2.15. The van der Waals surface area contributed by atoms with E-state index >= 15 is 0 Å². The number of ether oxygens (including phenoxy) is 1. The van der Waals surface area contributed by atoms with Crippen molar-refractivity contribution in [1.82, 2.24) is 0 Å². The molecule has 0 aliphatic heterocycles. The van der Waals surface area contributed by atoms with Gasteiger partial charge in [-0.3, -0.25) is 10.1 Å². The standard InChI is InChI=1S/C16H18N2O3/c1-10-6-11(2)16(8-14(10)18(19)20)21-15-5-4-13(9-17)7-12(15)3/h4-8H,9,17H2,1-3H3. The average Bonchev–Trinajstić information content (AvgIpc) is 2.43. The van der Waals surface area contributed by atoms with Crippen LogP contribution >= 0.6 is 0 Å². The normalized spacial score (nSPS) is 10.5. The molecule has 0 aliphatic rings. The number of nitrogens with two attached hydrogens (primary N) is 1. The van der Waals surface area contributed by atoms with E-state index in [1.54, 1.807) is 13.0 Å². The first kappa shape index (κ1) is 15.0. The fourth-order valence-electron chi connectivity index (χ4n) is 2.20. The Morgan fingerprint density at radius 3 is 2.29 bits per heavy atom. The predicted molar refractivity (Wildman–Crippen MR) is 81.7 cm³/mol. The Balaban J connectivity index is 2.39. The van der Waals surface area contributed by atoms with Crippen LogP contribution in [0.3, 0.4) is 0 Å². The van der Waals surface area contributed by atoms with Crippen molar-refractivity contribution in [1.29, 1.82) is 0 Å². The quantitative estimate of drug-likeness (QED) is 0.685. The van der Waals surface area contributed by atoms with E-state index in [0.717, 1.165) is 16.7 Å². The lowest BCUT2D eigenvalue weighted by Gasteiger charge is -2.12. The van der Waals surface area contributed by atoms with Gasteiger partial charge in [0.05, 0.1) is 11.0 Å². The Bertz CT molecular complexity index is 696. The summed E-state index contributed by atoms with van der Waals surface area (Å²) in [6.07, 6.45) is 0. The number of hydrogen-bond donors (Lipinski definition) is 1. The maximum Gasteiger partial charge on any atom is 0.276 e. The van der Waals surface area contributed by atoms with Gasteiger partial charge in [0.15, 0.2) is 0 Å². The molecule has 0 saturated heterocycles. The minimum atomic E-state index is -0.397. The van der Waals surface area contributed by atoms with Gasteiger partial charge in [-0.1, -0.05) is 12.1 Å². The van der Waals surface area contributed by atoms with Gasteiger partial charge in [0.2, 0.25) is 0 Å². The summed E-state index contributed by atoms with van der Waals surface area (Å²) in [6.45, 7) is 5.98. The molecular weight excluding hydrogens is 268 g/mol. The van der Waals surface area contributed by atoms with E-state index in [0.29, 0.717) is 23.6 Å². The number of nitro benzene ring substituents is 1. The summed E-state index contributed by atoms with van der Waals surface area (Å²) in [5, 5.41) is 11.0. The van der Waals surface area contributed by atoms with Crippen molar-refractivity contribution in [3.8, 4) is 11.5 Å². The molecule has 0 fully saturated rings. The summed E-state index contributed by atoms with van der Waals surface area (Å²) < 4.78 is 5.84. The lowest BCUT2D eigenvalue weighted by molar-refractivity contribution is -0.385. The van der Waals surface area contributed by atoms with Gasteiger partial charge in [-0.15, -0.1) is 0 Å². The number of nitrogens with zero attached hydrogens (tertiary/aromatic N) is 1. The highest BCUT2D eigenvalue weighted by Crippen LogP contribution is 2.33. The SMILES string of the molecule is Cc1cc(CN)ccc1Oc1cc([N+](=O)[O-])c(C)cc1C. The van der Waals surface area contributed by atoms with Crippen LogP contribution in [0.4, 0.5) is 5.69 Å². The van der Waals surface area contributed by atoms with Gasteiger partial charge in [-0.05, 0) is 49.6 Å². The Kier molecular flexibility index (Phi) is 4.23. The van der Waals surface area contributed by atoms with Crippen molar-refractivity contribution in [2.75, 3.05) is 0 Å². The number of aryl methyl sites for hydroxylation is 3. The highest BCUT2D eigenvalue weighted by molar-refractivity contribution is 5.51. The fraction of sp³-hybridized carbons (Fsp3) is 0.250. The molecule has 0 heterocycles. The molecule has 2 N–H and O–H groups in total. The monoisotopic (exact) mass is 286 g/mol. The van der Waals surface area contributed by atoms with Crippen molar-refractivity contribution in [2.45, 2.75) is 27.3 Å². The summed E-state index contributed by atoms with van der Waals surface area (Å²) in [7, 11) is 0. The van der Waals surface area contributed by atoms with E-state index in [1.807, 2.05) is 32.0 Å². The van der Waals surface area contributed by atoms with E-state index in [9.17, 15) is 10.1 Å². The molecular formula is C16H18N2O3. The third-order valence-corrected chi connectivity index (χ3v) is 3.39. The van der Waals surface area contributed by atoms with Crippen molar-refractivity contribution >= 4 is 5.69 Å². The molecule has 0 saturated carbocycles. The maximum absolute atomic E-state index is 11.0. The topological polar surface area (TPSA) is 78.4 Å². The summed E-state index contributed by atoms with van der Waals surface area (Å²) in [5.41, 5.74) is 9.11. The molecule has 0 spiro atoms. The molecule has 21 heavy (non-hydrogen) atoms. The highest BCUT2D eigenvalue weighted by atomic mass is 16.6. The smallest absolute Gasteiger partial charge is 0.276 e. The average molecular weight is 286 g/mol. The summed E-state index contributed by atoms with van der Waals surface area (Å²) in [5.74, 6) is 1.17. The van der Waals surface area contributed by atoms with Gasteiger partial charge in [-0.2, -0.15) is 0 Å². The first-order valence-corrected chi connectivity index (χ1v) is 6.65. The second-order valence-corrected chi connectivity index (χ2v) is 5.07. The van der Waals surface area contributed by atoms with Crippen molar-refractivity contribution < 1.29 is 9.66 Å². The van der Waals surface area contributed by atoms with Crippen LogP contribution in [-0.2, 0) is 6.54 Å². The van der Waals surface area contributed by atoms with Crippen LogP contribution in [-0.4, -0.2) is 4.92 Å². The van der Waals surface area contributed by atoms with Crippen LogP contribution in [0.15, 0.2) is 30.3 Å². The van der Waals surface area contributed by atoms with Gasteiger partial charge >= 0.3 is 0 Å². The lowest BCUT2D eigenvalue weighted by Crippen LogP contribution is -1.98. The van der Waals surface area contributed by atoms with Gasteiger partial charge in [0, 0.05) is 12.1 Å². The minimum absolute atomic E-state index is 0.0619. The Morgan fingerprint density at radius 2 is 1.71 bits per heavy atom. The van der Waals surface area contributed by atoms with E-state index in [2.05, 4.69) is 0 Å². The minimum Gasteiger partial charge on any atom is -0.457 e. The zero-order valence-corrected chi connectivity index (χ0v) is 12.3. The molecule has 0 unspecified atom stereocenters. The van der Waals surface area contributed by atoms with Gasteiger partial charge in [-0.25, -0.2) is 0 Å². The van der Waals surface area contributed by atoms with E-state index < -0.39 is 4.92 Å². The molecule has 2 rings (SSSR count). The first-order chi connectivity index (χ1) is 9.92. The number of benzene rings is 2. The van der Waals surface area contributed by atoms with Crippen LogP contribution in [0.5, 0.6) is 11.5 Å². The van der Waals surface area contributed by atoms with Gasteiger partial charge < -0.3 is 10.5 Å². The molecule has 5 heteroatoms. The second kappa shape index (κ2) is 5.93. The lowest BCUT2D eigenvalue weighted by atomic mass is 10.1. The van der Waals surface area contributed by atoms with Crippen LogP contribution in [0.1, 0.15) is 22.3 Å². The zero-order chi connectivity index (χ0) is 15.6. The van der Waals surface area contributed by atoms with Crippen molar-refractivity contribution in [2.24, 2.45) is 5.73 Å². The molecule has 2 aromatic carbocycles. The van der Waals surface area contributed by atoms with Crippen LogP contribution < -0.4 is 10.5 Å². The maximum atomic E-state index is 11.0. The van der Waals surface area contributed by atoms with Crippen LogP contribution in [0.25, 0.3) is 0 Å². The summed E-state index contributed by atoms with van der Waals surface area (Å²) in [4.78, 5) is 10.6. The molecule has 0 aromatic heterocycles. The summed E-state index contributed by atoms with van der Waals surface area (Å²) in [6, 6.07) is 8.91. The molecule has 0 atom stereocenters. The second-order valence-electron chi connectivity index (χ2n) is 5.07. The van der Waals surface area contributed by atoms with E-state index in [-0.39, 0.29) is 5.69 Å². The third-order valence-electron chi connectivity index (χ3n) is 3.39. The molecule has 0 amide bonds. The van der Waals surface area contributed by atoms with Crippen LogP contribution in [0.2, 0.25) is 0 Å². The molecule has 0 bridgehead atoms. The Labute approximate surface area is 123 Å². The zero-order valence-electron chi connectivity index (χ0n) is 12.3. The van der Waals surface area contributed by atoms with E-state index in [1.165, 1.54) is 6.07 Å². The molecule has 0 radical (unpaired) electrons. The first-order valence-electron chi connectivity index (χ1n) is 6.65. The largest absolute Gasteiger partial charge is 0.457 e. The fourth-order valence-corrected chi connectivity index (χ4v) is 2.20. The molecule has 2 aromatic rings. The van der Waals surface area contributed by atoms with Crippen molar-refractivity contribution in [3.05, 3.63) is 62.7 Å². The van der Waals surface area contributed by atoms with Crippen molar-refractivity contribution in [3.63, 3.8) is 0 Å². The molecule has 5 nitrogen and oxygen atoms in total. The number of nitro groups is 1. The third kappa shape index (κ3) is 3.20. The van der Waals surface area contributed by atoms with E-state index in [4.69, 9.17) is 10.5 Å². The van der Waals surface area contributed by atoms with Crippen LogP contribution in [0, 0.1) is 30.9 Å². The predicted octanol–water partition coefficient (Wildman–Crippen LogP) is 3.77. The van der Waals surface area contributed by atoms with Gasteiger partial charge in [0.25, 0.3) is 5.69 Å². The molecule has 0 aliphatic carbocycles. The number of hydrogen-bond acceptors (Lipinski definition) is 4. The molecule has 110 valence electrons.